The minimum atomic E-state index is -4.56. The van der Waals surface area contributed by atoms with Crippen LogP contribution in [-0.2, 0) is 4.79 Å². The highest BCUT2D eigenvalue weighted by molar-refractivity contribution is 6.06. The second kappa shape index (κ2) is 12.9. The number of aliphatic hydroxyl groups is 1. The van der Waals surface area contributed by atoms with Crippen LogP contribution in [0.25, 0.3) is 32.9 Å². The second-order valence-electron chi connectivity index (χ2n) is 15.9. The molecule has 53 heavy (non-hydrogen) atoms. The van der Waals surface area contributed by atoms with Crippen molar-refractivity contribution in [1.29, 1.82) is 0 Å². The molecule has 0 radical (unpaired) electrons. The molecule has 4 aliphatic heterocycles. The number of amides is 1. The predicted molar refractivity (Wildman–Crippen MR) is 196 cm³/mol. The molecule has 14 heteroatoms. The van der Waals surface area contributed by atoms with E-state index in [0.29, 0.717) is 67.5 Å². The summed E-state index contributed by atoms with van der Waals surface area (Å²) in [6.45, 7) is 10.0. The fourth-order valence-corrected chi connectivity index (χ4v) is 9.00. The third kappa shape index (κ3) is 6.26. The standard InChI is InChI=1S/C39H45F3N8O3/c1-3-31(52)50-20-38(21-50)10-14-48(15-11-38)36-28-16-27(24-5-6-24)33(32-23(2)4-7-30-29(32)17-43-46-30)35(53-22-39(40,41)42)34(28)44-37(45-36)49-18-25(19-49)47-12-8-26(51)9-13-47/h3-4,7,16-17,24-26,51H,1,5-6,8-15,18-22H2,2H3,(H,43,46). The third-order valence-corrected chi connectivity index (χ3v) is 12.2. The quantitative estimate of drug-likeness (QED) is 0.225. The summed E-state index contributed by atoms with van der Waals surface area (Å²) >= 11 is 0. The Labute approximate surface area is 305 Å². The molecule has 0 bridgehead atoms. The number of piperidine rings is 2. The summed E-state index contributed by atoms with van der Waals surface area (Å²) in [6, 6.07) is 6.31. The van der Waals surface area contributed by atoms with Gasteiger partial charge in [0.1, 0.15) is 11.3 Å². The molecule has 5 aliphatic rings. The van der Waals surface area contributed by atoms with Crippen molar-refractivity contribution in [2.75, 3.05) is 68.8 Å². The Hall–Kier alpha value is -4.43. The molecule has 4 saturated heterocycles. The second-order valence-corrected chi connectivity index (χ2v) is 15.9. The van der Waals surface area contributed by atoms with Gasteiger partial charge in [-0.25, -0.2) is 4.98 Å². The molecular weight excluding hydrogens is 685 g/mol. The molecule has 1 saturated carbocycles. The highest BCUT2D eigenvalue weighted by atomic mass is 19.4. The summed E-state index contributed by atoms with van der Waals surface area (Å²) in [4.78, 5) is 31.2. The molecule has 280 valence electrons. The number of alkyl halides is 3. The van der Waals surface area contributed by atoms with E-state index in [0.717, 1.165) is 79.2 Å². The van der Waals surface area contributed by atoms with E-state index in [9.17, 15) is 23.1 Å². The number of nitrogens with one attached hydrogen (secondary N) is 1. The van der Waals surface area contributed by atoms with Crippen molar-refractivity contribution >= 4 is 39.5 Å². The molecule has 11 nitrogen and oxygen atoms in total. The number of likely N-dealkylation sites (tertiary alicyclic amines) is 2. The molecule has 4 aromatic rings. The Morgan fingerprint density at radius 2 is 1.77 bits per heavy atom. The first-order valence-electron chi connectivity index (χ1n) is 18.8. The zero-order valence-electron chi connectivity index (χ0n) is 30.0. The summed E-state index contributed by atoms with van der Waals surface area (Å²) in [6.07, 6.45) is 3.37. The Morgan fingerprint density at radius 3 is 2.45 bits per heavy atom. The monoisotopic (exact) mass is 730 g/mol. The normalized spacial score (nSPS) is 21.3. The van der Waals surface area contributed by atoms with Gasteiger partial charge in [-0.05, 0) is 86.3 Å². The molecule has 1 aliphatic carbocycles. The first kappa shape index (κ1) is 34.3. The lowest BCUT2D eigenvalue weighted by Gasteiger charge is -2.54. The average Bonchev–Trinajstić information content (AvgIpc) is 3.85. The lowest BCUT2D eigenvalue weighted by molar-refractivity contribution is -0.153. The zero-order valence-corrected chi connectivity index (χ0v) is 30.0. The van der Waals surface area contributed by atoms with Crippen LogP contribution in [-0.4, -0.2) is 118 Å². The SMILES string of the molecule is C=CC(=O)N1CC2(CCN(c3nc(N4CC(N5CCC(O)CC5)C4)nc4c(OCC(F)(F)F)c(-c5c(C)ccc6[nH]ncc56)c(C5CC5)cc34)CC2)C1. The number of carbonyl (C=O) groups excluding carboxylic acids is 1. The first-order valence-corrected chi connectivity index (χ1v) is 18.8. The zero-order chi connectivity index (χ0) is 36.6. The van der Waals surface area contributed by atoms with Gasteiger partial charge in [0.25, 0.3) is 0 Å². The van der Waals surface area contributed by atoms with Crippen LogP contribution in [0.1, 0.15) is 55.6 Å². The van der Waals surface area contributed by atoms with Crippen LogP contribution in [0.3, 0.4) is 0 Å². The number of carbonyl (C=O) groups is 1. The molecule has 0 atom stereocenters. The van der Waals surface area contributed by atoms with Gasteiger partial charge in [0, 0.05) is 80.2 Å². The van der Waals surface area contributed by atoms with Crippen molar-refractivity contribution in [2.24, 2.45) is 5.41 Å². The van der Waals surface area contributed by atoms with E-state index in [4.69, 9.17) is 14.7 Å². The van der Waals surface area contributed by atoms with Gasteiger partial charge < -0.3 is 24.5 Å². The van der Waals surface area contributed by atoms with E-state index in [1.165, 1.54) is 6.08 Å². The molecule has 1 spiro atoms. The molecule has 6 heterocycles. The van der Waals surface area contributed by atoms with Gasteiger partial charge in [-0.1, -0.05) is 12.6 Å². The van der Waals surface area contributed by atoms with Crippen molar-refractivity contribution in [3.8, 4) is 16.9 Å². The van der Waals surface area contributed by atoms with Crippen molar-refractivity contribution < 1.29 is 27.8 Å². The fourth-order valence-electron chi connectivity index (χ4n) is 9.00. The van der Waals surface area contributed by atoms with Crippen molar-refractivity contribution in [2.45, 2.75) is 69.7 Å². The average molecular weight is 731 g/mol. The van der Waals surface area contributed by atoms with Crippen molar-refractivity contribution in [3.63, 3.8) is 0 Å². The number of aromatic amines is 1. The first-order chi connectivity index (χ1) is 25.5. The number of ether oxygens (including phenoxy) is 1. The number of rotatable bonds is 8. The maximum atomic E-state index is 14.1. The highest BCUT2D eigenvalue weighted by Gasteiger charge is 2.47. The smallest absolute Gasteiger partial charge is 0.422 e. The number of H-pyrrole nitrogens is 1. The van der Waals surface area contributed by atoms with Gasteiger partial charge in [0.05, 0.1) is 17.8 Å². The Bertz CT molecular complexity index is 2070. The number of halogens is 3. The van der Waals surface area contributed by atoms with Crippen LogP contribution >= 0.6 is 0 Å². The van der Waals surface area contributed by atoms with Crippen LogP contribution in [0.15, 0.2) is 37.1 Å². The van der Waals surface area contributed by atoms with Crippen molar-refractivity contribution in [3.05, 3.63) is 48.2 Å². The van der Waals surface area contributed by atoms with Gasteiger partial charge in [0.2, 0.25) is 11.9 Å². The molecule has 2 aromatic heterocycles. The number of hydrogen-bond donors (Lipinski definition) is 2. The number of aliphatic hydroxyl groups excluding tert-OH is 1. The van der Waals surface area contributed by atoms with Crippen molar-refractivity contribution in [1.82, 2.24) is 30.0 Å². The van der Waals surface area contributed by atoms with Crippen LogP contribution < -0.4 is 14.5 Å². The molecule has 1 amide bonds. The number of benzene rings is 2. The molecule has 9 rings (SSSR count). The Balaban J connectivity index is 1.17. The lowest BCUT2D eigenvalue weighted by Crippen LogP contribution is -2.62. The van der Waals surface area contributed by atoms with E-state index in [1.807, 2.05) is 24.0 Å². The third-order valence-electron chi connectivity index (χ3n) is 12.2. The van der Waals surface area contributed by atoms with E-state index < -0.39 is 12.8 Å². The number of aromatic nitrogens is 4. The van der Waals surface area contributed by atoms with E-state index >= 15 is 0 Å². The summed E-state index contributed by atoms with van der Waals surface area (Å²) in [5.74, 6) is 1.45. The summed E-state index contributed by atoms with van der Waals surface area (Å²) in [5.41, 5.74) is 4.53. The minimum absolute atomic E-state index is 0.0433. The van der Waals surface area contributed by atoms with Crippen LogP contribution in [0.5, 0.6) is 5.75 Å². The van der Waals surface area contributed by atoms with E-state index in [-0.39, 0.29) is 35.1 Å². The van der Waals surface area contributed by atoms with E-state index in [2.05, 4.69) is 37.5 Å². The highest BCUT2D eigenvalue weighted by Crippen LogP contribution is 2.53. The van der Waals surface area contributed by atoms with E-state index in [1.54, 1.807) is 6.20 Å². The summed E-state index contributed by atoms with van der Waals surface area (Å²) < 4.78 is 48.2. The predicted octanol–water partition coefficient (Wildman–Crippen LogP) is 5.56. The van der Waals surface area contributed by atoms with Gasteiger partial charge in [-0.15, -0.1) is 0 Å². The molecule has 2 aromatic carbocycles. The molecule has 2 N–H and O–H groups in total. The van der Waals surface area contributed by atoms with Gasteiger partial charge in [0.15, 0.2) is 12.4 Å². The number of hydrogen-bond acceptors (Lipinski definition) is 9. The lowest BCUT2D eigenvalue weighted by atomic mass is 9.72. The van der Waals surface area contributed by atoms with Crippen LogP contribution in [0, 0.1) is 12.3 Å². The van der Waals surface area contributed by atoms with Gasteiger partial charge in [-0.3, -0.25) is 14.8 Å². The van der Waals surface area contributed by atoms with Crippen LogP contribution in [0.2, 0.25) is 0 Å². The number of aryl methyl sites for hydroxylation is 1. The number of fused-ring (bicyclic) bond motifs is 2. The molecule has 0 unspecified atom stereocenters. The van der Waals surface area contributed by atoms with Crippen LogP contribution in [0.4, 0.5) is 24.9 Å². The maximum Gasteiger partial charge on any atom is 0.422 e. The number of anilines is 2. The van der Waals surface area contributed by atoms with Gasteiger partial charge >= 0.3 is 6.18 Å². The summed E-state index contributed by atoms with van der Waals surface area (Å²) in [7, 11) is 0. The van der Waals surface area contributed by atoms with Gasteiger partial charge in [-0.2, -0.15) is 23.3 Å². The topological polar surface area (TPSA) is 114 Å². The summed E-state index contributed by atoms with van der Waals surface area (Å²) in [5, 5.41) is 18.9. The molecule has 5 fully saturated rings. The molecular formula is C39H45F3N8O3. The fraction of sp³-hybridized carbons (Fsp3) is 0.538. The largest absolute Gasteiger partial charge is 0.481 e. The minimum Gasteiger partial charge on any atom is -0.481 e. The Kier molecular flexibility index (Phi) is 8.33. The Morgan fingerprint density at radius 1 is 1.04 bits per heavy atom. The maximum absolute atomic E-state index is 14.1. The number of nitrogens with zero attached hydrogens (tertiary/aromatic N) is 7.